The van der Waals surface area contributed by atoms with E-state index in [9.17, 15) is 19.8 Å². The van der Waals surface area contributed by atoms with Crippen LogP contribution in [0.1, 0.15) is 107 Å². The molecule has 0 radical (unpaired) electrons. The third-order valence-electron chi connectivity index (χ3n) is 3.66. The van der Waals surface area contributed by atoms with Crippen molar-refractivity contribution in [1.29, 1.82) is 0 Å². The maximum atomic E-state index is 11.4. The second-order valence-corrected chi connectivity index (χ2v) is 9.06. The van der Waals surface area contributed by atoms with Gasteiger partial charge in [-0.05, 0) is 31.1 Å². The van der Waals surface area contributed by atoms with Gasteiger partial charge >= 0.3 is 55.0 Å². The van der Waals surface area contributed by atoms with Gasteiger partial charge in [0.25, 0.3) is 0 Å². The Labute approximate surface area is 191 Å². The summed E-state index contributed by atoms with van der Waals surface area (Å²) in [6.07, 6.45) is 7.23. The normalized spacial score (nSPS) is 17.0. The second kappa shape index (κ2) is 20.8. The van der Waals surface area contributed by atoms with Gasteiger partial charge in [-0.25, -0.2) is 0 Å². The van der Waals surface area contributed by atoms with Gasteiger partial charge in [0.2, 0.25) is 5.91 Å². The molecule has 0 saturated heterocycles. The standard InChI is InChI=1S/C12H23NO.C4H9NO.2C3H7O.Ti/c1-4-6-11(14)13-10-7-5-8-12(2,3)9-10;1-2-3-4(5)6;2*1-3(2)4;/h10H,4-9H2,1-3H3,(H,13,14);2-3H2,1H3,(H2,5,6);2*3H,1-2H3;/q;;2*-1;+3/p-1. The Morgan fingerprint density at radius 1 is 1.00 bits per heavy atom. The van der Waals surface area contributed by atoms with E-state index in [4.69, 9.17) is 0 Å². The first-order valence-electron chi connectivity index (χ1n) is 10.9. The fourth-order valence-corrected chi connectivity index (χ4v) is 2.83. The van der Waals surface area contributed by atoms with Crippen molar-refractivity contribution >= 4 is 11.8 Å². The fraction of sp³-hybridized carbons (Fsp3) is 0.909. The second-order valence-electron chi connectivity index (χ2n) is 8.67. The third kappa shape index (κ3) is 32.5. The molecule has 1 fully saturated rings. The Bertz CT molecular complexity index is 391. The molecule has 2 amide bonds. The molecule has 1 unspecified atom stereocenters. The van der Waals surface area contributed by atoms with Crippen molar-refractivity contribution in [2.45, 2.75) is 125 Å². The number of nitrogens with one attached hydrogen (secondary N) is 2. The molecule has 0 heterocycles. The molecule has 0 aromatic heterocycles. The van der Waals surface area contributed by atoms with Crippen LogP contribution in [0, 0.1) is 5.41 Å². The first-order valence-corrected chi connectivity index (χ1v) is 11.7. The predicted octanol–water partition coefficient (Wildman–Crippen LogP) is 2.75. The zero-order chi connectivity index (χ0) is 23.5. The van der Waals surface area contributed by atoms with E-state index < -0.39 is 12.2 Å². The molecule has 1 atom stereocenters. The summed E-state index contributed by atoms with van der Waals surface area (Å²) in [6, 6.07) is 0.429. The first-order chi connectivity index (χ1) is 13.3. The van der Waals surface area contributed by atoms with Gasteiger partial charge in [-0.1, -0.05) is 54.9 Å². The van der Waals surface area contributed by atoms with E-state index in [1.165, 1.54) is 19.3 Å². The average Bonchev–Trinajstić information content (AvgIpc) is 2.53. The van der Waals surface area contributed by atoms with Crippen molar-refractivity contribution in [2.24, 2.45) is 5.41 Å². The number of carbonyl (C=O) groups excluding carboxylic acids is 2. The summed E-state index contributed by atoms with van der Waals surface area (Å²) in [4.78, 5) is 21.7. The van der Waals surface area contributed by atoms with Gasteiger partial charge in [0.1, 0.15) is 0 Å². The number of amides is 2. The summed E-state index contributed by atoms with van der Waals surface area (Å²) >= 11 is 1.65. The van der Waals surface area contributed by atoms with Crippen LogP contribution in [0.15, 0.2) is 0 Å². The van der Waals surface area contributed by atoms with E-state index in [-0.39, 0.29) is 11.8 Å². The van der Waals surface area contributed by atoms with Crippen molar-refractivity contribution in [3.8, 4) is 0 Å². The van der Waals surface area contributed by atoms with Gasteiger partial charge in [0, 0.05) is 12.5 Å². The number of carbonyl (C=O) groups is 2. The summed E-state index contributed by atoms with van der Waals surface area (Å²) in [6.45, 7) is 15.1. The molecule has 29 heavy (non-hydrogen) atoms. The summed E-state index contributed by atoms with van der Waals surface area (Å²) in [5, 5.41) is 22.2. The van der Waals surface area contributed by atoms with Gasteiger partial charge in [-0.3, -0.25) is 4.79 Å². The van der Waals surface area contributed by atoms with Crippen molar-refractivity contribution in [2.75, 3.05) is 0 Å². The van der Waals surface area contributed by atoms with Crippen LogP contribution in [-0.2, 0) is 30.3 Å². The Morgan fingerprint density at radius 3 is 1.72 bits per heavy atom. The molecule has 1 saturated carbocycles. The maximum absolute atomic E-state index is 11.4. The SMILES string of the molecule is CC(C)[O-].CC(C)[O-].CCCC(=O)NC1CCCC(C)(C)C1.CCCC(=O)[NH][Ti+2]. The monoisotopic (exact) mass is 449 g/mol. The molecule has 0 aromatic rings. The van der Waals surface area contributed by atoms with Crippen LogP contribution < -0.4 is 19.3 Å². The molecule has 7 heteroatoms. The summed E-state index contributed by atoms with van der Waals surface area (Å²) in [5.41, 5.74) is 0.419. The zero-order valence-corrected chi connectivity index (χ0v) is 21.6. The molecular weight excluding hydrogens is 404 g/mol. The summed E-state index contributed by atoms with van der Waals surface area (Å²) < 4.78 is 2.53. The molecule has 0 aromatic carbocycles. The van der Waals surface area contributed by atoms with Crippen LogP contribution in [0.3, 0.4) is 0 Å². The molecule has 2 N–H and O–H groups in total. The van der Waals surface area contributed by atoms with E-state index >= 15 is 0 Å². The number of rotatable bonds is 5. The third-order valence-corrected chi connectivity index (χ3v) is 4.10. The molecule has 0 spiro atoms. The molecule has 6 nitrogen and oxygen atoms in total. The van der Waals surface area contributed by atoms with Gasteiger partial charge in [0.15, 0.2) is 0 Å². The Hall–Kier alpha value is -0.426. The molecule has 171 valence electrons. The Morgan fingerprint density at radius 2 is 1.41 bits per heavy atom. The molecule has 0 bridgehead atoms. The summed E-state index contributed by atoms with van der Waals surface area (Å²) in [5.74, 6) is 0.359. The first kappa shape index (κ1) is 33.2. The minimum absolute atomic E-state index is 0.127. The molecule has 1 aliphatic carbocycles. The topological polar surface area (TPSA) is 104 Å². The van der Waals surface area contributed by atoms with Crippen LogP contribution in [-0.4, -0.2) is 30.1 Å². The average molecular weight is 449 g/mol. The van der Waals surface area contributed by atoms with Crippen molar-refractivity contribution < 1.29 is 40.5 Å². The van der Waals surface area contributed by atoms with E-state index in [1.807, 2.05) is 13.8 Å². The minimum atomic E-state index is -0.417. The Balaban J connectivity index is -0.000000376. The molecule has 0 aliphatic heterocycles. The zero-order valence-electron chi connectivity index (χ0n) is 20.0. The van der Waals surface area contributed by atoms with Crippen LogP contribution in [0.4, 0.5) is 0 Å². The van der Waals surface area contributed by atoms with Gasteiger partial charge in [-0.15, -0.1) is 12.2 Å². The molecule has 1 aliphatic rings. The van der Waals surface area contributed by atoms with E-state index in [1.54, 1.807) is 48.4 Å². The van der Waals surface area contributed by atoms with Crippen molar-refractivity contribution in [1.82, 2.24) is 9.12 Å². The van der Waals surface area contributed by atoms with Crippen LogP contribution >= 0.6 is 0 Å². The van der Waals surface area contributed by atoms with Crippen LogP contribution in [0.2, 0.25) is 0 Å². The molecule has 1 rings (SSSR count). The van der Waals surface area contributed by atoms with Gasteiger partial charge in [0.05, 0.1) is 0 Å². The fourth-order valence-electron chi connectivity index (χ4n) is 2.64. The van der Waals surface area contributed by atoms with E-state index in [0.29, 0.717) is 24.3 Å². The predicted molar refractivity (Wildman–Crippen MR) is 112 cm³/mol. The molecular formula is C22H45N2O4Ti. The number of hydrogen-bond acceptors (Lipinski definition) is 4. The van der Waals surface area contributed by atoms with E-state index in [2.05, 4.69) is 23.0 Å². The Kier molecular flexibility index (Phi) is 23.9. The van der Waals surface area contributed by atoms with Gasteiger partial charge in [-0.2, -0.15) is 0 Å². The van der Waals surface area contributed by atoms with E-state index in [0.717, 1.165) is 19.3 Å². The quantitative estimate of drug-likeness (QED) is 0.630. The van der Waals surface area contributed by atoms with Crippen molar-refractivity contribution in [3.05, 3.63) is 0 Å². The van der Waals surface area contributed by atoms with Gasteiger partial charge < -0.3 is 15.5 Å². The number of hydrogen-bond donors (Lipinski definition) is 2. The van der Waals surface area contributed by atoms with Crippen molar-refractivity contribution in [3.63, 3.8) is 0 Å². The van der Waals surface area contributed by atoms with Crippen LogP contribution in [0.25, 0.3) is 0 Å². The van der Waals surface area contributed by atoms with Crippen LogP contribution in [0.5, 0.6) is 0 Å². The summed E-state index contributed by atoms with van der Waals surface area (Å²) in [7, 11) is 0.